The van der Waals surface area contributed by atoms with Crippen LogP contribution in [0.25, 0.3) is 0 Å². The van der Waals surface area contributed by atoms with Crippen molar-refractivity contribution in [1.82, 2.24) is 58.2 Å². The highest BCUT2D eigenvalue weighted by Crippen LogP contribution is 2.42. The van der Waals surface area contributed by atoms with Gasteiger partial charge in [-0.15, -0.1) is 0 Å². The van der Waals surface area contributed by atoms with E-state index in [9.17, 15) is 83.7 Å². The lowest BCUT2D eigenvalue weighted by molar-refractivity contribution is 0.0690. The predicted octanol–water partition coefficient (Wildman–Crippen LogP) is 15.2. The van der Waals surface area contributed by atoms with Crippen LogP contribution < -0.4 is 51.2 Å². The van der Waals surface area contributed by atoms with Gasteiger partial charge in [-0.05, 0) is 204 Å². The molecule has 16 heterocycles. The molecule has 22 rings (SSSR count). The fraction of sp³-hybridized carbons (Fsp3) is 0.200. The highest BCUT2D eigenvalue weighted by molar-refractivity contribution is 5.98. The Balaban J connectivity index is 0.000000123. The first kappa shape index (κ1) is 97.2. The first-order valence-corrected chi connectivity index (χ1v) is 47.1. The number of aromatic nitrogens is 8. The lowest BCUT2D eigenvalue weighted by Gasteiger charge is -2.43. The summed E-state index contributed by atoms with van der Waals surface area (Å²) in [5.74, 6) is -10.9. The quantitative estimate of drug-likeness (QED) is 0.0949. The molecule has 740 valence electrons. The van der Waals surface area contributed by atoms with Crippen LogP contribution in [-0.2, 0) is 38.9 Å². The minimum Gasteiger partial charge on any atom is -0.502 e. The second-order valence-corrected chi connectivity index (χ2v) is 35.4. The molecule has 0 saturated carbocycles. The minimum atomic E-state index is -0.993. The molecule has 36 heteroatoms. The van der Waals surface area contributed by atoms with Gasteiger partial charge in [0.05, 0.1) is 22.8 Å². The van der Waals surface area contributed by atoms with Gasteiger partial charge in [0.25, 0.3) is 23.6 Å². The summed E-state index contributed by atoms with van der Waals surface area (Å²) in [6, 6.07) is 51.8. The molecule has 0 unspecified atom stereocenters. The van der Waals surface area contributed by atoms with Crippen LogP contribution in [-0.4, -0.2) is 145 Å². The van der Waals surface area contributed by atoms with Gasteiger partial charge < -0.3 is 39.3 Å². The van der Waals surface area contributed by atoms with Gasteiger partial charge in [-0.25, -0.2) is 35.1 Å². The predicted molar refractivity (Wildman–Crippen MR) is 524 cm³/mol. The molecule has 4 atom stereocenters. The standard InChI is InChI=1S/2C31H26F2N4O3.2C24H20F2N4O3/c2*32-24-17-22-11-5-2-8-15-35-20-37(28(23(22)18-25(24)33)26-12-6-7-14-34-26)36-16-13-27(38)30(29(36)31(35)39)40-19-21-9-3-1-4-10-21;2*25-17-12-15-6-2-1-5-10-28-14-30(29-11-8-20(31)23(32)22(29)24(28)33)21(16(15)13-18(17)26)19-7-3-4-9-27-19/h2*1-4,6-10,12-14,16-18,28H,5,11,15,19-20H2;2*1,3-5,7-9,11-13,21,32H,2,6,10,14H2/b2*8-2+;2*5-1+/t2*28-;2*21-/m1010/s1. The van der Waals surface area contributed by atoms with Crippen molar-refractivity contribution in [2.75, 3.05) is 72.9 Å². The molecule has 8 aromatic heterocycles. The van der Waals surface area contributed by atoms with E-state index in [-0.39, 0.29) is 112 Å². The third-order valence-corrected chi connectivity index (χ3v) is 26.2. The Bertz CT molecular complexity index is 7270. The van der Waals surface area contributed by atoms with Crippen molar-refractivity contribution in [2.24, 2.45) is 0 Å². The molecule has 146 heavy (non-hydrogen) atoms. The topological polar surface area (TPSA) is 293 Å². The Labute approximate surface area is 829 Å². The molecule has 0 radical (unpaired) electrons. The van der Waals surface area contributed by atoms with Gasteiger partial charge >= 0.3 is 0 Å². The van der Waals surface area contributed by atoms with Crippen LogP contribution in [0.4, 0.5) is 35.1 Å². The number of fused-ring (bicyclic) bond motifs is 20. The summed E-state index contributed by atoms with van der Waals surface area (Å²) in [6.07, 6.45) is 31.4. The van der Waals surface area contributed by atoms with Crippen LogP contribution in [0.5, 0.6) is 23.0 Å². The zero-order chi connectivity index (χ0) is 102. The Kier molecular flexibility index (Phi) is 28.4. The van der Waals surface area contributed by atoms with E-state index in [0.29, 0.717) is 119 Å². The summed E-state index contributed by atoms with van der Waals surface area (Å²) in [5.41, 5.74) is 5.93. The molecule has 0 saturated heterocycles. The lowest BCUT2D eigenvalue weighted by atomic mass is 9.93. The molecule has 0 spiro atoms. The fourth-order valence-electron chi connectivity index (χ4n) is 19.2. The van der Waals surface area contributed by atoms with Crippen molar-refractivity contribution in [3.63, 3.8) is 0 Å². The van der Waals surface area contributed by atoms with E-state index < -0.39 is 116 Å². The van der Waals surface area contributed by atoms with E-state index >= 15 is 0 Å². The Morgan fingerprint density at radius 1 is 0.281 bits per heavy atom. The molecule has 2 N–H and O–H groups in total. The number of benzene rings is 6. The Morgan fingerprint density at radius 2 is 0.521 bits per heavy atom. The average Bonchev–Trinajstić information content (AvgIpc) is 1.04. The second kappa shape index (κ2) is 42.7. The molecular formula is C110H92F8N16O12. The number of allylic oxidation sites excluding steroid dienone is 4. The van der Waals surface area contributed by atoms with Crippen molar-refractivity contribution < 1.29 is 74.0 Å². The number of nitrogens with zero attached hydrogens (tertiary/aromatic N) is 16. The molecule has 0 aliphatic carbocycles. The van der Waals surface area contributed by atoms with Crippen LogP contribution in [0, 0.1) is 46.5 Å². The Hall–Kier alpha value is -17.6. The first-order valence-electron chi connectivity index (χ1n) is 47.1. The number of ether oxygens (including phenoxy) is 2. The van der Waals surface area contributed by atoms with Crippen molar-refractivity contribution in [3.8, 4) is 23.0 Å². The van der Waals surface area contributed by atoms with Gasteiger partial charge in [-0.2, -0.15) is 0 Å². The van der Waals surface area contributed by atoms with Gasteiger partial charge in [0, 0.05) is 100 Å². The number of carbonyl (C=O) groups is 4. The Morgan fingerprint density at radius 3 is 0.781 bits per heavy atom. The summed E-state index contributed by atoms with van der Waals surface area (Å²) in [4.78, 5) is 129. The number of pyridine rings is 8. The number of hydrogen-bond donors (Lipinski definition) is 2. The minimum absolute atomic E-state index is 0.0624. The van der Waals surface area contributed by atoms with E-state index in [4.69, 9.17) is 9.47 Å². The van der Waals surface area contributed by atoms with E-state index in [1.165, 1.54) is 92.5 Å². The molecule has 8 aliphatic rings. The number of amides is 4. The van der Waals surface area contributed by atoms with Crippen LogP contribution >= 0.6 is 0 Å². The maximum Gasteiger partial charge on any atom is 0.278 e. The van der Waals surface area contributed by atoms with Gasteiger partial charge in [-0.1, -0.05) is 134 Å². The van der Waals surface area contributed by atoms with Crippen LogP contribution in [0.2, 0.25) is 0 Å². The van der Waals surface area contributed by atoms with Crippen molar-refractivity contribution >= 4 is 23.6 Å². The number of halogens is 8. The third-order valence-electron chi connectivity index (χ3n) is 26.2. The van der Waals surface area contributed by atoms with E-state index in [2.05, 4.69) is 19.9 Å². The number of carbonyl (C=O) groups excluding carboxylic acids is 4. The smallest absolute Gasteiger partial charge is 0.278 e. The van der Waals surface area contributed by atoms with E-state index in [0.717, 1.165) is 35.4 Å². The maximum absolute atomic E-state index is 14.8. The van der Waals surface area contributed by atoms with Crippen LogP contribution in [0.15, 0.2) is 324 Å². The van der Waals surface area contributed by atoms with E-state index in [1.807, 2.05) is 144 Å². The summed E-state index contributed by atoms with van der Waals surface area (Å²) >= 11 is 0. The molecule has 0 fully saturated rings. The summed E-state index contributed by atoms with van der Waals surface area (Å²) in [5, 5.41) is 28.1. The van der Waals surface area contributed by atoms with Crippen LogP contribution in [0.3, 0.4) is 0 Å². The number of aryl methyl sites for hydroxylation is 4. The molecule has 6 aromatic carbocycles. The summed E-state index contributed by atoms with van der Waals surface area (Å²) in [7, 11) is 0. The molecule has 14 aromatic rings. The van der Waals surface area contributed by atoms with Gasteiger partial charge in [0.2, 0.25) is 21.7 Å². The van der Waals surface area contributed by atoms with Crippen molar-refractivity contribution in [3.05, 3.63) is 493 Å². The number of rotatable bonds is 10. The molecule has 8 aliphatic heterocycles. The largest absolute Gasteiger partial charge is 0.502 e. The maximum atomic E-state index is 14.8. The second-order valence-electron chi connectivity index (χ2n) is 35.4. The highest BCUT2D eigenvalue weighted by Gasteiger charge is 2.45. The van der Waals surface area contributed by atoms with Gasteiger partial charge in [0.15, 0.2) is 92.3 Å². The third kappa shape index (κ3) is 19.9. The normalized spacial score (nSPS) is 18.1. The monoisotopic (exact) mass is 1980 g/mol. The zero-order valence-electron chi connectivity index (χ0n) is 78.1. The molecular weight excluding hydrogens is 1890 g/mol. The average molecular weight is 1980 g/mol. The van der Waals surface area contributed by atoms with Crippen LogP contribution in [0.1, 0.15) is 170 Å². The first-order chi connectivity index (χ1) is 70.9. The summed E-state index contributed by atoms with van der Waals surface area (Å²) in [6.45, 7) is 1.59. The molecule has 8 bridgehead atoms. The van der Waals surface area contributed by atoms with E-state index in [1.54, 1.807) is 102 Å². The van der Waals surface area contributed by atoms with Crippen molar-refractivity contribution in [2.45, 2.75) is 88.7 Å². The lowest BCUT2D eigenvalue weighted by Crippen LogP contribution is -2.55. The van der Waals surface area contributed by atoms with Crippen molar-refractivity contribution in [1.29, 1.82) is 0 Å². The SMILES string of the molecule is O=C1c2c(O)c(=O)ccn2N2CN1C/C=C/CCc1cc(F)c(F)cc1[C@@H]2c1ccccn1.O=C1c2c(O)c(=O)ccn2N2CN1C/C=C/CCc1cc(F)c(F)cc1[C@H]2c1ccccn1.O=C1c2c(OCc3ccccc3)c(=O)ccn2N2CN1C/C=C/CCc1cc(F)c(F)cc1[C@@H]2c1ccccn1.O=C1c2c(OCc3ccccc3)c(=O)ccn2N2CN1C/C=C/CCc1cc(F)c(F)cc1[C@H]2c1ccccn1. The number of hydrogen-bond acceptors (Lipinski definition) is 20. The fourth-order valence-corrected chi connectivity index (χ4v) is 19.2. The molecule has 4 amide bonds. The summed E-state index contributed by atoms with van der Waals surface area (Å²) < 4.78 is 134. The molecule has 28 nitrogen and oxygen atoms in total. The van der Waals surface area contributed by atoms with Gasteiger partial charge in [-0.3, -0.25) is 97.0 Å². The highest BCUT2D eigenvalue weighted by atomic mass is 19.2. The number of aromatic hydroxyl groups is 2. The zero-order valence-corrected chi connectivity index (χ0v) is 78.1. The van der Waals surface area contributed by atoms with Gasteiger partial charge in [0.1, 0.15) is 64.1 Å².